The molecule has 8 atom stereocenters. The van der Waals surface area contributed by atoms with E-state index in [4.69, 9.17) is 18.9 Å². The van der Waals surface area contributed by atoms with Crippen molar-refractivity contribution in [3.05, 3.63) is 0 Å². The summed E-state index contributed by atoms with van der Waals surface area (Å²) >= 11 is 0. The zero-order chi connectivity index (χ0) is 26.5. The zero-order valence-corrected chi connectivity index (χ0v) is 23.3. The summed E-state index contributed by atoms with van der Waals surface area (Å²) in [6.07, 6.45) is 9.39. The molecule has 0 aromatic carbocycles. The minimum Gasteiger partial charge on any atom is -0.469 e. The first-order valence-electron chi connectivity index (χ1n) is 13.9. The van der Waals surface area contributed by atoms with Crippen LogP contribution in [0.5, 0.6) is 0 Å². The molecule has 7 heteroatoms. The van der Waals surface area contributed by atoms with E-state index in [1.54, 1.807) is 0 Å². The molecule has 0 aromatic rings. The van der Waals surface area contributed by atoms with Crippen LogP contribution >= 0.6 is 0 Å². The van der Waals surface area contributed by atoms with E-state index in [0.29, 0.717) is 56.0 Å². The van der Waals surface area contributed by atoms with Gasteiger partial charge in [-0.25, -0.2) is 0 Å². The smallest absolute Gasteiger partial charge is 0.305 e. The van der Waals surface area contributed by atoms with Gasteiger partial charge in [0.1, 0.15) is 0 Å². The molecular weight excluding hydrogens is 460 g/mol. The maximum atomic E-state index is 12.4. The Kier molecular flexibility index (Phi) is 9.87. The fourth-order valence-electron chi connectivity index (χ4n) is 8.31. The fourth-order valence-corrected chi connectivity index (χ4v) is 8.31. The lowest BCUT2D eigenvalue weighted by atomic mass is 9.51. The Labute approximate surface area is 217 Å². The lowest BCUT2D eigenvalue weighted by Gasteiger charge is -2.58. The maximum Gasteiger partial charge on any atom is 0.305 e. The van der Waals surface area contributed by atoms with Gasteiger partial charge in [-0.2, -0.15) is 0 Å². The first-order valence-corrected chi connectivity index (χ1v) is 13.9. The van der Waals surface area contributed by atoms with Gasteiger partial charge < -0.3 is 18.9 Å². The standard InChI is InChI=1S/C29H48O7/c1-19(8-7-9-24(30)33-4)21-11-12-22-27-23(14-15-29(21,22)3)28(2,16-17-36-27)20(18-26(32)35-6)10-13-25(31)34-5/h19-23,27H,7-18H2,1-6H3/t19-,20?,21-,22+,23+,27+,28-,29-/m1/s1. The number of fused-ring (bicyclic) bond motifs is 3. The van der Waals surface area contributed by atoms with Gasteiger partial charge in [-0.15, -0.1) is 0 Å². The molecule has 3 rings (SSSR count). The minimum atomic E-state index is -0.229. The SMILES string of the molecule is COC(=O)CCC[C@@H](C)[C@H]1CC[C@H]2[C@@H]3OCC[C@](C)(C(CCC(=O)OC)CC(=O)OC)[C@H]3CC[C@]12C. The summed E-state index contributed by atoms with van der Waals surface area (Å²) in [6, 6.07) is 0. The summed E-state index contributed by atoms with van der Waals surface area (Å²) in [5.74, 6) is 1.55. The zero-order valence-electron chi connectivity index (χ0n) is 23.3. The third-order valence-electron chi connectivity index (χ3n) is 10.5. The molecule has 0 spiro atoms. The molecular formula is C29H48O7. The highest BCUT2D eigenvalue weighted by atomic mass is 16.5. The molecule has 1 aliphatic heterocycles. The molecule has 0 aromatic heterocycles. The van der Waals surface area contributed by atoms with E-state index in [1.807, 2.05) is 0 Å². The topological polar surface area (TPSA) is 88.1 Å². The monoisotopic (exact) mass is 508 g/mol. The van der Waals surface area contributed by atoms with Gasteiger partial charge in [-0.05, 0) is 91.8 Å². The van der Waals surface area contributed by atoms with Gasteiger partial charge >= 0.3 is 17.9 Å². The number of hydrogen-bond donors (Lipinski definition) is 0. The van der Waals surface area contributed by atoms with Gasteiger partial charge in [0.2, 0.25) is 0 Å². The van der Waals surface area contributed by atoms with E-state index in [-0.39, 0.29) is 40.8 Å². The van der Waals surface area contributed by atoms with Crippen molar-refractivity contribution in [1.29, 1.82) is 0 Å². The average Bonchev–Trinajstić information content (AvgIpc) is 3.23. The van der Waals surface area contributed by atoms with E-state index < -0.39 is 0 Å². The van der Waals surface area contributed by atoms with Crippen molar-refractivity contribution in [3.63, 3.8) is 0 Å². The maximum absolute atomic E-state index is 12.4. The third-order valence-corrected chi connectivity index (χ3v) is 10.5. The Morgan fingerprint density at radius 3 is 2.19 bits per heavy atom. The quantitative estimate of drug-likeness (QED) is 0.275. The summed E-state index contributed by atoms with van der Waals surface area (Å²) < 4.78 is 21.3. The molecule has 2 saturated carbocycles. The van der Waals surface area contributed by atoms with E-state index in [9.17, 15) is 14.4 Å². The summed E-state index contributed by atoms with van der Waals surface area (Å²) in [5, 5.41) is 0. The fraction of sp³-hybridized carbons (Fsp3) is 0.897. The Balaban J connectivity index is 1.75. The van der Waals surface area contributed by atoms with E-state index in [2.05, 4.69) is 20.8 Å². The molecule has 36 heavy (non-hydrogen) atoms. The number of ether oxygens (including phenoxy) is 4. The number of methoxy groups -OCH3 is 3. The summed E-state index contributed by atoms with van der Waals surface area (Å²) in [7, 11) is 4.31. The van der Waals surface area contributed by atoms with Crippen LogP contribution in [0.15, 0.2) is 0 Å². The molecule has 3 fully saturated rings. The van der Waals surface area contributed by atoms with Crippen molar-refractivity contribution in [3.8, 4) is 0 Å². The largest absolute Gasteiger partial charge is 0.469 e. The lowest BCUT2D eigenvalue weighted by Crippen LogP contribution is -2.56. The molecule has 0 N–H and O–H groups in total. The van der Waals surface area contributed by atoms with Crippen LogP contribution < -0.4 is 0 Å². The van der Waals surface area contributed by atoms with Crippen LogP contribution in [0.1, 0.15) is 91.4 Å². The molecule has 1 heterocycles. The van der Waals surface area contributed by atoms with Gasteiger partial charge in [0.05, 0.1) is 27.4 Å². The number of esters is 3. The van der Waals surface area contributed by atoms with Gasteiger partial charge in [-0.3, -0.25) is 14.4 Å². The van der Waals surface area contributed by atoms with Crippen molar-refractivity contribution in [2.45, 2.75) is 97.5 Å². The third kappa shape index (κ3) is 5.92. The predicted octanol–water partition coefficient (Wildman–Crippen LogP) is 5.34. The molecule has 1 unspecified atom stereocenters. The van der Waals surface area contributed by atoms with Crippen LogP contribution in [0.3, 0.4) is 0 Å². The first kappa shape index (κ1) is 28.9. The van der Waals surface area contributed by atoms with Crippen molar-refractivity contribution in [2.75, 3.05) is 27.9 Å². The lowest BCUT2D eigenvalue weighted by molar-refractivity contribution is -0.189. The first-order chi connectivity index (χ1) is 17.1. The predicted molar refractivity (Wildman–Crippen MR) is 136 cm³/mol. The van der Waals surface area contributed by atoms with Gasteiger partial charge in [0.25, 0.3) is 0 Å². The van der Waals surface area contributed by atoms with Gasteiger partial charge in [-0.1, -0.05) is 20.8 Å². The van der Waals surface area contributed by atoms with Crippen molar-refractivity contribution >= 4 is 17.9 Å². The molecule has 2 aliphatic carbocycles. The molecule has 0 radical (unpaired) electrons. The Morgan fingerprint density at radius 2 is 1.53 bits per heavy atom. The number of carbonyl (C=O) groups excluding carboxylic acids is 3. The number of rotatable bonds is 11. The highest BCUT2D eigenvalue weighted by Gasteiger charge is 2.60. The minimum absolute atomic E-state index is 0.0549. The van der Waals surface area contributed by atoms with Gasteiger partial charge in [0, 0.05) is 25.9 Å². The summed E-state index contributed by atoms with van der Waals surface area (Å²) in [4.78, 5) is 35.9. The number of hydrogen-bond acceptors (Lipinski definition) is 7. The normalized spacial score (nSPS) is 35.2. The second kappa shape index (κ2) is 12.3. The second-order valence-electron chi connectivity index (χ2n) is 12.1. The van der Waals surface area contributed by atoms with Crippen LogP contribution in [0.4, 0.5) is 0 Å². The second-order valence-corrected chi connectivity index (χ2v) is 12.1. The van der Waals surface area contributed by atoms with Crippen LogP contribution in [0, 0.1) is 40.4 Å². The molecule has 0 amide bonds. The van der Waals surface area contributed by atoms with Crippen LogP contribution in [-0.4, -0.2) is 51.9 Å². The van der Waals surface area contributed by atoms with Crippen LogP contribution in [0.2, 0.25) is 0 Å². The van der Waals surface area contributed by atoms with Crippen LogP contribution in [0.25, 0.3) is 0 Å². The van der Waals surface area contributed by atoms with Gasteiger partial charge in [0.15, 0.2) is 0 Å². The molecule has 1 saturated heterocycles. The van der Waals surface area contributed by atoms with E-state index >= 15 is 0 Å². The van der Waals surface area contributed by atoms with E-state index in [1.165, 1.54) is 34.2 Å². The highest BCUT2D eigenvalue weighted by Crippen LogP contribution is 2.64. The molecule has 206 valence electrons. The van der Waals surface area contributed by atoms with Crippen molar-refractivity contribution in [1.82, 2.24) is 0 Å². The van der Waals surface area contributed by atoms with Crippen molar-refractivity contribution < 1.29 is 33.3 Å². The Morgan fingerprint density at radius 1 is 0.861 bits per heavy atom. The van der Waals surface area contributed by atoms with Crippen LogP contribution in [-0.2, 0) is 33.3 Å². The number of carbonyl (C=O) groups is 3. The van der Waals surface area contributed by atoms with Crippen molar-refractivity contribution in [2.24, 2.45) is 40.4 Å². The average molecular weight is 509 g/mol. The molecule has 7 nitrogen and oxygen atoms in total. The Bertz CT molecular complexity index is 782. The molecule has 0 bridgehead atoms. The summed E-state index contributed by atoms with van der Waals surface area (Å²) in [5.41, 5.74) is 0.143. The Hall–Kier alpha value is -1.63. The van der Waals surface area contributed by atoms with E-state index in [0.717, 1.165) is 32.1 Å². The highest BCUT2D eigenvalue weighted by molar-refractivity contribution is 5.71. The summed E-state index contributed by atoms with van der Waals surface area (Å²) in [6.45, 7) is 7.84. The molecule has 3 aliphatic rings.